The number of likely N-dealkylation sites (tertiary alicyclic amines) is 1. The molecular formula is C14H17NO3. The summed E-state index contributed by atoms with van der Waals surface area (Å²) in [4.78, 5) is 25.4. The molecule has 0 radical (unpaired) electrons. The highest BCUT2D eigenvalue weighted by atomic mass is 16.3. The van der Waals surface area contributed by atoms with E-state index in [1.807, 2.05) is 6.92 Å². The molecule has 1 heterocycles. The van der Waals surface area contributed by atoms with Crippen molar-refractivity contribution in [3.63, 3.8) is 0 Å². The SMILES string of the molecule is Cc1cccc(C(=O)N2CCC(=O)C(C)C2)c1O. The van der Waals surface area contributed by atoms with E-state index in [1.54, 1.807) is 30.0 Å². The number of aromatic hydroxyl groups is 1. The lowest BCUT2D eigenvalue weighted by Gasteiger charge is -2.30. The van der Waals surface area contributed by atoms with Gasteiger partial charge in [-0.3, -0.25) is 9.59 Å². The van der Waals surface area contributed by atoms with Gasteiger partial charge in [-0.25, -0.2) is 0 Å². The van der Waals surface area contributed by atoms with Gasteiger partial charge in [-0.15, -0.1) is 0 Å². The summed E-state index contributed by atoms with van der Waals surface area (Å²) in [5.41, 5.74) is 0.999. The maximum atomic E-state index is 12.3. The Morgan fingerprint density at radius 3 is 2.83 bits per heavy atom. The summed E-state index contributed by atoms with van der Waals surface area (Å²) in [5, 5.41) is 9.90. The number of Topliss-reactive ketones (excluding diaryl/α,β-unsaturated/α-hetero) is 1. The Balaban J connectivity index is 2.22. The molecule has 0 bridgehead atoms. The van der Waals surface area contributed by atoms with Gasteiger partial charge >= 0.3 is 0 Å². The van der Waals surface area contributed by atoms with Crippen molar-refractivity contribution in [2.45, 2.75) is 20.3 Å². The van der Waals surface area contributed by atoms with Crippen molar-refractivity contribution in [2.75, 3.05) is 13.1 Å². The number of nitrogens with zero attached hydrogens (tertiary/aromatic N) is 1. The molecule has 0 spiro atoms. The topological polar surface area (TPSA) is 57.6 Å². The molecule has 2 rings (SSSR count). The smallest absolute Gasteiger partial charge is 0.257 e. The summed E-state index contributed by atoms with van der Waals surface area (Å²) in [6.07, 6.45) is 0.402. The van der Waals surface area contributed by atoms with Crippen LogP contribution in [0, 0.1) is 12.8 Å². The first-order chi connectivity index (χ1) is 8.50. The van der Waals surface area contributed by atoms with Crippen LogP contribution in [0.4, 0.5) is 0 Å². The number of phenolic OH excluding ortho intramolecular Hbond substituents is 1. The van der Waals surface area contributed by atoms with Crippen LogP contribution in [0.25, 0.3) is 0 Å². The fourth-order valence-corrected chi connectivity index (χ4v) is 2.20. The number of carbonyl (C=O) groups excluding carboxylic acids is 2. The minimum absolute atomic E-state index is 0.0343. The highest BCUT2D eigenvalue weighted by Gasteiger charge is 2.28. The van der Waals surface area contributed by atoms with Crippen molar-refractivity contribution < 1.29 is 14.7 Å². The fourth-order valence-electron chi connectivity index (χ4n) is 2.20. The zero-order chi connectivity index (χ0) is 13.3. The third-order valence-electron chi connectivity index (χ3n) is 3.43. The Bertz CT molecular complexity index is 496. The number of phenols is 1. The molecule has 1 amide bonds. The van der Waals surface area contributed by atoms with Gasteiger partial charge in [-0.1, -0.05) is 19.1 Å². The summed E-state index contributed by atoms with van der Waals surface area (Å²) in [5.74, 6) is -0.0789. The number of rotatable bonds is 1. The Labute approximate surface area is 106 Å². The number of piperidine rings is 1. The number of hydrogen-bond donors (Lipinski definition) is 1. The standard InChI is InChI=1S/C14H17NO3/c1-9-4-3-5-11(13(9)17)14(18)15-7-6-12(16)10(2)8-15/h3-5,10,17H,6-8H2,1-2H3. The summed E-state index contributed by atoms with van der Waals surface area (Å²) < 4.78 is 0. The molecule has 18 heavy (non-hydrogen) atoms. The molecule has 1 saturated heterocycles. The molecule has 1 aromatic carbocycles. The molecule has 1 unspecified atom stereocenters. The number of benzene rings is 1. The Kier molecular flexibility index (Phi) is 3.36. The minimum Gasteiger partial charge on any atom is -0.507 e. The first-order valence-electron chi connectivity index (χ1n) is 6.11. The van der Waals surface area contributed by atoms with Crippen molar-refractivity contribution in [1.29, 1.82) is 0 Å². The van der Waals surface area contributed by atoms with Gasteiger partial charge in [-0.05, 0) is 18.6 Å². The number of hydrogen-bond acceptors (Lipinski definition) is 3. The fraction of sp³-hybridized carbons (Fsp3) is 0.429. The number of para-hydroxylation sites is 1. The van der Waals surface area contributed by atoms with Crippen LogP contribution in [0.2, 0.25) is 0 Å². The third kappa shape index (κ3) is 2.23. The molecule has 96 valence electrons. The first-order valence-corrected chi connectivity index (χ1v) is 6.11. The van der Waals surface area contributed by atoms with E-state index >= 15 is 0 Å². The molecule has 1 N–H and O–H groups in total. The molecule has 4 heteroatoms. The Hall–Kier alpha value is -1.84. The zero-order valence-electron chi connectivity index (χ0n) is 10.6. The van der Waals surface area contributed by atoms with Gasteiger partial charge in [0, 0.05) is 25.4 Å². The lowest BCUT2D eigenvalue weighted by atomic mass is 9.97. The van der Waals surface area contributed by atoms with Gasteiger partial charge in [0.15, 0.2) is 0 Å². The highest BCUT2D eigenvalue weighted by molar-refractivity contribution is 5.98. The average molecular weight is 247 g/mol. The van der Waals surface area contributed by atoms with Gasteiger partial charge < -0.3 is 10.0 Å². The largest absolute Gasteiger partial charge is 0.507 e. The predicted molar refractivity (Wildman–Crippen MR) is 67.5 cm³/mol. The Morgan fingerprint density at radius 2 is 2.17 bits per heavy atom. The lowest BCUT2D eigenvalue weighted by Crippen LogP contribution is -2.43. The van der Waals surface area contributed by atoms with Crippen LogP contribution < -0.4 is 0 Å². The van der Waals surface area contributed by atoms with Crippen molar-refractivity contribution in [2.24, 2.45) is 5.92 Å². The van der Waals surface area contributed by atoms with E-state index in [1.165, 1.54) is 0 Å². The highest BCUT2D eigenvalue weighted by Crippen LogP contribution is 2.24. The van der Waals surface area contributed by atoms with Crippen molar-refractivity contribution in [1.82, 2.24) is 4.90 Å². The zero-order valence-corrected chi connectivity index (χ0v) is 10.6. The molecule has 1 atom stereocenters. The molecule has 0 aliphatic carbocycles. The number of ketones is 1. The normalized spacial score (nSPS) is 20.0. The van der Waals surface area contributed by atoms with E-state index in [2.05, 4.69) is 0 Å². The van der Waals surface area contributed by atoms with Gasteiger partial charge in [0.2, 0.25) is 0 Å². The van der Waals surface area contributed by atoms with Gasteiger partial charge in [-0.2, -0.15) is 0 Å². The second-order valence-electron chi connectivity index (χ2n) is 4.84. The van der Waals surface area contributed by atoms with E-state index in [4.69, 9.17) is 0 Å². The molecular weight excluding hydrogens is 230 g/mol. The van der Waals surface area contributed by atoms with E-state index in [0.29, 0.717) is 30.6 Å². The van der Waals surface area contributed by atoms with E-state index in [9.17, 15) is 14.7 Å². The van der Waals surface area contributed by atoms with Crippen LogP contribution in [-0.4, -0.2) is 34.8 Å². The predicted octanol–water partition coefficient (Wildman–Crippen LogP) is 1.75. The number of carbonyl (C=O) groups is 2. The molecule has 1 aliphatic rings. The average Bonchev–Trinajstić information content (AvgIpc) is 2.35. The van der Waals surface area contributed by atoms with Crippen molar-refractivity contribution in [3.8, 4) is 5.75 Å². The van der Waals surface area contributed by atoms with Gasteiger partial charge in [0.05, 0.1) is 5.56 Å². The van der Waals surface area contributed by atoms with Gasteiger partial charge in [0.1, 0.15) is 11.5 Å². The van der Waals surface area contributed by atoms with Crippen LogP contribution in [0.5, 0.6) is 5.75 Å². The van der Waals surface area contributed by atoms with Crippen LogP contribution in [0.15, 0.2) is 18.2 Å². The summed E-state index contributed by atoms with van der Waals surface area (Å²) >= 11 is 0. The summed E-state index contributed by atoms with van der Waals surface area (Å²) in [6.45, 7) is 4.47. The van der Waals surface area contributed by atoms with Crippen molar-refractivity contribution in [3.05, 3.63) is 29.3 Å². The van der Waals surface area contributed by atoms with Gasteiger partial charge in [0.25, 0.3) is 5.91 Å². The lowest BCUT2D eigenvalue weighted by molar-refractivity contribution is -0.124. The molecule has 1 aromatic rings. The van der Waals surface area contributed by atoms with Crippen LogP contribution >= 0.6 is 0 Å². The Morgan fingerprint density at radius 1 is 1.44 bits per heavy atom. The second-order valence-corrected chi connectivity index (χ2v) is 4.84. The second kappa shape index (κ2) is 4.80. The maximum absolute atomic E-state index is 12.3. The quantitative estimate of drug-likeness (QED) is 0.822. The van der Waals surface area contributed by atoms with Crippen LogP contribution in [-0.2, 0) is 4.79 Å². The molecule has 0 saturated carbocycles. The van der Waals surface area contributed by atoms with E-state index < -0.39 is 0 Å². The number of amides is 1. The molecule has 0 aromatic heterocycles. The molecule has 1 fully saturated rings. The monoisotopic (exact) mass is 247 g/mol. The maximum Gasteiger partial charge on any atom is 0.257 e. The van der Waals surface area contributed by atoms with E-state index in [-0.39, 0.29) is 23.4 Å². The van der Waals surface area contributed by atoms with Crippen LogP contribution in [0.1, 0.15) is 29.3 Å². The molecule has 4 nitrogen and oxygen atoms in total. The summed E-state index contributed by atoms with van der Waals surface area (Å²) in [7, 11) is 0. The summed E-state index contributed by atoms with van der Waals surface area (Å²) in [6, 6.07) is 5.13. The first kappa shape index (κ1) is 12.6. The third-order valence-corrected chi connectivity index (χ3v) is 3.43. The van der Waals surface area contributed by atoms with Crippen molar-refractivity contribution >= 4 is 11.7 Å². The van der Waals surface area contributed by atoms with Crippen LogP contribution in [0.3, 0.4) is 0 Å². The molecule has 1 aliphatic heterocycles. The minimum atomic E-state index is -0.199. The van der Waals surface area contributed by atoms with E-state index in [0.717, 1.165) is 0 Å². The number of aryl methyl sites for hydroxylation is 1.